The van der Waals surface area contributed by atoms with Gasteiger partial charge >= 0.3 is 0 Å². The van der Waals surface area contributed by atoms with Crippen molar-refractivity contribution in [2.45, 2.75) is 31.8 Å². The first-order chi connectivity index (χ1) is 9.45. The molecule has 0 spiro atoms. The van der Waals surface area contributed by atoms with Gasteiger partial charge in [-0.1, -0.05) is 0 Å². The molecule has 0 unspecified atom stereocenters. The first kappa shape index (κ1) is 15.2. The van der Waals surface area contributed by atoms with E-state index in [0.717, 1.165) is 5.56 Å². The number of hydrogen-bond acceptors (Lipinski definition) is 5. The van der Waals surface area contributed by atoms with Crippen LogP contribution in [0.15, 0.2) is 26.1 Å². The molecule has 0 atom stereocenters. The Labute approximate surface area is 122 Å². The monoisotopic (exact) mass is 315 g/mol. The summed E-state index contributed by atoms with van der Waals surface area (Å²) in [6, 6.07) is 1.96. The highest BCUT2D eigenvalue weighted by Crippen LogP contribution is 2.26. The van der Waals surface area contributed by atoms with Gasteiger partial charge in [-0.15, -0.1) is 0 Å². The van der Waals surface area contributed by atoms with E-state index in [1.54, 1.807) is 25.2 Å². The molecule has 2 rings (SSSR count). The summed E-state index contributed by atoms with van der Waals surface area (Å²) in [6.07, 6.45) is 0.632. The Hall–Kier alpha value is -1.15. The molecule has 0 fully saturated rings. The van der Waals surface area contributed by atoms with Crippen LogP contribution in [0.1, 0.15) is 22.6 Å². The maximum Gasteiger partial charge on any atom is 0.244 e. The number of thiophene rings is 1. The van der Waals surface area contributed by atoms with Gasteiger partial charge in [0, 0.05) is 12.1 Å². The number of nitrogens with one attached hydrogen (secondary N) is 1. The fourth-order valence-electron chi connectivity index (χ4n) is 2.08. The van der Waals surface area contributed by atoms with Crippen LogP contribution in [0.3, 0.4) is 0 Å². The molecule has 0 aliphatic heterocycles. The van der Waals surface area contributed by atoms with Crippen molar-refractivity contribution in [3.63, 3.8) is 0 Å². The molecule has 5 nitrogen and oxygen atoms in total. The third-order valence-corrected chi connectivity index (χ3v) is 5.43. The second-order valence-electron chi connectivity index (χ2n) is 4.46. The van der Waals surface area contributed by atoms with Crippen LogP contribution >= 0.6 is 11.3 Å². The molecule has 2 aromatic rings. The molecule has 0 bridgehead atoms. The van der Waals surface area contributed by atoms with Crippen LogP contribution in [0.25, 0.3) is 0 Å². The lowest BCUT2D eigenvalue weighted by Gasteiger charge is -2.07. The molecule has 0 radical (unpaired) electrons. The van der Waals surface area contributed by atoms with Gasteiger partial charge in [0.1, 0.15) is 16.4 Å². The predicted molar refractivity (Wildman–Crippen MR) is 77.3 cm³/mol. The largest absolute Gasteiger partial charge is 0.465 e. The van der Waals surface area contributed by atoms with E-state index in [1.165, 1.54) is 0 Å². The Morgan fingerprint density at radius 2 is 2.10 bits per heavy atom. The summed E-state index contributed by atoms with van der Waals surface area (Å²) in [7, 11) is -3.67. The molecule has 2 aromatic heterocycles. The van der Waals surface area contributed by atoms with Crippen LogP contribution < -0.4 is 4.72 Å². The molecule has 20 heavy (non-hydrogen) atoms. The zero-order valence-electron chi connectivity index (χ0n) is 11.3. The summed E-state index contributed by atoms with van der Waals surface area (Å²) in [6.45, 7) is 3.18. The first-order valence-corrected chi connectivity index (χ1v) is 8.58. The van der Waals surface area contributed by atoms with E-state index in [9.17, 15) is 13.5 Å². The smallest absolute Gasteiger partial charge is 0.244 e. The van der Waals surface area contributed by atoms with Crippen molar-refractivity contribution in [2.75, 3.05) is 6.54 Å². The van der Waals surface area contributed by atoms with Crippen molar-refractivity contribution >= 4 is 21.4 Å². The molecule has 2 N–H and O–H groups in total. The topological polar surface area (TPSA) is 79.5 Å². The van der Waals surface area contributed by atoms with Gasteiger partial charge in [0.15, 0.2) is 0 Å². The minimum Gasteiger partial charge on any atom is -0.465 e. The molecule has 0 saturated heterocycles. The molecule has 110 valence electrons. The van der Waals surface area contributed by atoms with E-state index in [0.29, 0.717) is 30.0 Å². The molecule has 0 amide bonds. The van der Waals surface area contributed by atoms with E-state index < -0.39 is 10.0 Å². The zero-order valence-corrected chi connectivity index (χ0v) is 13.0. The standard InChI is InChI=1S/C13H17NO4S2/c1-9-12(7-15)13(10(2)18-9)20(16,17)14-5-3-11-4-6-19-8-11/h4,6,8,14-15H,3,5,7H2,1-2H3. The number of aryl methyl sites for hydroxylation is 2. The van der Waals surface area contributed by atoms with Gasteiger partial charge in [-0.25, -0.2) is 13.1 Å². The molecular weight excluding hydrogens is 298 g/mol. The summed E-state index contributed by atoms with van der Waals surface area (Å²) < 4.78 is 32.4. The van der Waals surface area contributed by atoms with Gasteiger partial charge in [-0.05, 0) is 42.7 Å². The number of rotatable bonds is 6. The Morgan fingerprint density at radius 1 is 1.35 bits per heavy atom. The van der Waals surface area contributed by atoms with Crippen molar-refractivity contribution in [3.05, 3.63) is 39.5 Å². The van der Waals surface area contributed by atoms with Crippen molar-refractivity contribution in [1.29, 1.82) is 0 Å². The van der Waals surface area contributed by atoms with Crippen molar-refractivity contribution in [1.82, 2.24) is 4.72 Å². The second kappa shape index (κ2) is 6.09. The first-order valence-electron chi connectivity index (χ1n) is 6.16. The van der Waals surface area contributed by atoms with Gasteiger partial charge in [0.05, 0.1) is 6.61 Å². The average Bonchev–Trinajstić information content (AvgIpc) is 2.96. The number of aliphatic hydroxyl groups excluding tert-OH is 1. The summed E-state index contributed by atoms with van der Waals surface area (Å²) in [5.41, 5.74) is 1.42. The summed E-state index contributed by atoms with van der Waals surface area (Å²) in [5.74, 6) is 0.734. The van der Waals surface area contributed by atoms with E-state index >= 15 is 0 Å². The zero-order chi connectivity index (χ0) is 14.8. The summed E-state index contributed by atoms with van der Waals surface area (Å²) in [4.78, 5) is 0.0582. The summed E-state index contributed by atoms with van der Waals surface area (Å²) in [5, 5.41) is 13.2. The lowest BCUT2D eigenvalue weighted by atomic mass is 10.2. The van der Waals surface area contributed by atoms with Crippen molar-refractivity contribution in [3.8, 4) is 0 Å². The molecule has 0 aliphatic rings. The van der Waals surface area contributed by atoms with E-state index in [1.807, 2.05) is 16.8 Å². The molecule has 0 aliphatic carbocycles. The maximum atomic E-state index is 12.3. The Morgan fingerprint density at radius 3 is 2.70 bits per heavy atom. The normalized spacial score (nSPS) is 11.9. The fourth-order valence-corrected chi connectivity index (χ4v) is 4.25. The van der Waals surface area contributed by atoms with Gasteiger partial charge in [0.2, 0.25) is 10.0 Å². The Balaban J connectivity index is 2.14. The number of sulfonamides is 1. The molecule has 0 saturated carbocycles. The predicted octanol–water partition coefficient (Wildman–Crippen LogP) is 1.97. The lowest BCUT2D eigenvalue weighted by Crippen LogP contribution is -2.27. The van der Waals surface area contributed by atoms with Crippen molar-refractivity contribution < 1.29 is 17.9 Å². The van der Waals surface area contributed by atoms with Crippen molar-refractivity contribution in [2.24, 2.45) is 0 Å². The number of aliphatic hydroxyl groups is 1. The third-order valence-electron chi connectivity index (χ3n) is 3.04. The van der Waals surface area contributed by atoms with Crippen LogP contribution in [0.2, 0.25) is 0 Å². The quantitative estimate of drug-likeness (QED) is 0.854. The molecule has 7 heteroatoms. The Bertz CT molecular complexity index is 672. The minimum absolute atomic E-state index is 0.0582. The van der Waals surface area contributed by atoms with E-state index in [-0.39, 0.29) is 11.5 Å². The van der Waals surface area contributed by atoms with Crippen LogP contribution in [-0.2, 0) is 23.1 Å². The average molecular weight is 315 g/mol. The highest BCUT2D eigenvalue weighted by atomic mass is 32.2. The van der Waals surface area contributed by atoms with Gasteiger partial charge in [-0.3, -0.25) is 0 Å². The molecule has 0 aromatic carbocycles. The third kappa shape index (κ3) is 3.12. The lowest BCUT2D eigenvalue weighted by molar-refractivity contribution is 0.276. The highest BCUT2D eigenvalue weighted by Gasteiger charge is 2.25. The van der Waals surface area contributed by atoms with E-state index in [2.05, 4.69) is 4.72 Å². The fraction of sp³-hybridized carbons (Fsp3) is 0.385. The van der Waals surface area contributed by atoms with Gasteiger partial charge in [-0.2, -0.15) is 11.3 Å². The SMILES string of the molecule is Cc1oc(C)c(S(=O)(=O)NCCc2ccsc2)c1CO. The summed E-state index contributed by atoms with van der Waals surface area (Å²) >= 11 is 1.58. The Kier molecular flexibility index (Phi) is 4.64. The van der Waals surface area contributed by atoms with Crippen LogP contribution in [0.5, 0.6) is 0 Å². The van der Waals surface area contributed by atoms with Crippen LogP contribution in [0, 0.1) is 13.8 Å². The van der Waals surface area contributed by atoms with Gasteiger partial charge in [0.25, 0.3) is 0 Å². The maximum absolute atomic E-state index is 12.3. The van der Waals surface area contributed by atoms with Crippen LogP contribution in [0.4, 0.5) is 0 Å². The molecular formula is C13H17NO4S2. The molecule has 2 heterocycles. The minimum atomic E-state index is -3.67. The number of hydrogen-bond donors (Lipinski definition) is 2. The second-order valence-corrected chi connectivity index (χ2v) is 6.94. The van der Waals surface area contributed by atoms with E-state index in [4.69, 9.17) is 4.42 Å². The van der Waals surface area contributed by atoms with Gasteiger partial charge < -0.3 is 9.52 Å². The van der Waals surface area contributed by atoms with Crippen LogP contribution in [-0.4, -0.2) is 20.1 Å². The highest BCUT2D eigenvalue weighted by molar-refractivity contribution is 7.89. The number of furan rings is 1.